The molecule has 0 aromatic heterocycles. The van der Waals surface area contributed by atoms with Crippen LogP contribution in [0.3, 0.4) is 0 Å². The Kier molecular flexibility index (Phi) is 4.50. The maximum atomic E-state index is 11.8. The highest BCUT2D eigenvalue weighted by molar-refractivity contribution is 9.09. The Hall–Kier alpha value is -0.990. The maximum absolute atomic E-state index is 11.8. The van der Waals surface area contributed by atoms with Gasteiger partial charge in [-0.3, -0.25) is 18.7 Å². The van der Waals surface area contributed by atoms with Crippen LogP contribution in [0.2, 0.25) is 0 Å². The lowest BCUT2D eigenvalue weighted by Gasteiger charge is -2.29. The van der Waals surface area contributed by atoms with Gasteiger partial charge in [-0.2, -0.15) is 0 Å². The van der Waals surface area contributed by atoms with Crippen molar-refractivity contribution in [1.29, 1.82) is 0 Å². The number of ketones is 2. The van der Waals surface area contributed by atoms with Crippen molar-refractivity contribution in [2.24, 2.45) is 0 Å². The fourth-order valence-corrected chi connectivity index (χ4v) is 5.02. The van der Waals surface area contributed by atoms with Crippen molar-refractivity contribution >= 4 is 54.0 Å². The quantitative estimate of drug-likeness (QED) is 0.498. The predicted molar refractivity (Wildman–Crippen MR) is 97.5 cm³/mol. The molecule has 3 rings (SSSR count). The second-order valence-electron chi connectivity index (χ2n) is 5.08. The highest BCUT2D eigenvalue weighted by Gasteiger charge is 2.34. The molecule has 0 fully saturated rings. The topological polar surface area (TPSA) is 74.6 Å². The summed E-state index contributed by atoms with van der Waals surface area (Å²) in [4.78, 5) is 24.3. The van der Waals surface area contributed by atoms with Crippen molar-refractivity contribution in [3.63, 3.8) is 0 Å². The highest BCUT2D eigenvalue weighted by atomic mass is 79.9. The molecule has 2 aromatic carbocycles. The van der Waals surface area contributed by atoms with Crippen LogP contribution in [0.1, 0.15) is 20.7 Å². The summed E-state index contributed by atoms with van der Waals surface area (Å²) in [5.41, 5.74) is 2.21. The fraction of sp³-hybridized carbons (Fsp3) is 0.125. The summed E-state index contributed by atoms with van der Waals surface area (Å²) in [6, 6.07) is 9.84. The van der Waals surface area contributed by atoms with E-state index in [4.69, 9.17) is 0 Å². The minimum atomic E-state index is -3.23. The molecule has 2 N–H and O–H groups in total. The molecule has 0 saturated carbocycles. The summed E-state index contributed by atoms with van der Waals surface area (Å²) < 4.78 is 21.3. The number of fused-ring (bicyclic) bond motifs is 3. The van der Waals surface area contributed by atoms with E-state index in [1.807, 2.05) is 0 Å². The van der Waals surface area contributed by atoms with Crippen LogP contribution >= 0.6 is 42.4 Å². The minimum absolute atomic E-state index is 0.130. The molecule has 1 aliphatic rings. The molecule has 0 bridgehead atoms. The van der Waals surface area contributed by atoms with E-state index in [1.165, 1.54) is 12.1 Å². The van der Waals surface area contributed by atoms with E-state index in [2.05, 4.69) is 31.9 Å². The minimum Gasteiger partial charge on any atom is -0.293 e. The number of rotatable bonds is 4. The van der Waals surface area contributed by atoms with Gasteiger partial charge in [0.15, 0.2) is 11.6 Å². The van der Waals surface area contributed by atoms with Gasteiger partial charge in [-0.1, -0.05) is 56.1 Å². The number of benzene rings is 2. The lowest BCUT2D eigenvalue weighted by Crippen LogP contribution is -2.03. The Labute approximate surface area is 151 Å². The normalized spacial score (nSPS) is 15.7. The van der Waals surface area contributed by atoms with Gasteiger partial charge in [0, 0.05) is 22.3 Å². The van der Waals surface area contributed by atoms with Crippen molar-refractivity contribution < 1.29 is 18.7 Å². The van der Waals surface area contributed by atoms with Crippen molar-refractivity contribution in [2.75, 3.05) is 10.7 Å². The lowest BCUT2D eigenvalue weighted by atomic mass is 10.0. The molecule has 0 saturated heterocycles. The van der Waals surface area contributed by atoms with E-state index < -0.39 is 10.6 Å². The average Bonchev–Trinajstić information content (AvgIpc) is 2.80. The van der Waals surface area contributed by atoms with E-state index in [9.17, 15) is 18.7 Å². The molecule has 0 aliphatic carbocycles. The summed E-state index contributed by atoms with van der Waals surface area (Å²) in [6.45, 7) is 0. The van der Waals surface area contributed by atoms with Gasteiger partial charge in [0.1, 0.15) is 0 Å². The molecule has 0 spiro atoms. The molecule has 4 nitrogen and oxygen atoms in total. The van der Waals surface area contributed by atoms with Crippen molar-refractivity contribution in [1.82, 2.24) is 0 Å². The Balaban J connectivity index is 2.17. The van der Waals surface area contributed by atoms with Crippen LogP contribution in [0.15, 0.2) is 46.2 Å². The van der Waals surface area contributed by atoms with Gasteiger partial charge < -0.3 is 0 Å². The Bertz CT molecular complexity index is 765. The smallest absolute Gasteiger partial charge is 0.173 e. The first-order chi connectivity index (χ1) is 10.9. The molecule has 23 heavy (non-hydrogen) atoms. The zero-order valence-corrected chi connectivity index (χ0v) is 15.7. The third kappa shape index (κ3) is 2.70. The van der Waals surface area contributed by atoms with Crippen molar-refractivity contribution in [3.8, 4) is 11.1 Å². The standard InChI is InChI=1S/C16H12Br2O4S/c17-7-13(19)9-1-3-11-12-4-2-10(14(20)8-18)6-16(12)23(21,22)15(11)5-9/h1-6,21-22H,7-8H2. The molecular formula is C16H12Br2O4S. The van der Waals surface area contributed by atoms with Crippen LogP contribution in [0, 0.1) is 0 Å². The fourth-order valence-electron chi connectivity index (χ4n) is 2.58. The highest BCUT2D eigenvalue weighted by Crippen LogP contribution is 2.66. The number of alkyl halides is 2. The molecule has 7 heteroatoms. The third-order valence-electron chi connectivity index (χ3n) is 3.75. The number of Topliss-reactive ketones (excluding diaryl/α,β-unsaturated/α-hetero) is 2. The first-order valence-electron chi connectivity index (χ1n) is 6.65. The Morgan fingerprint density at radius 3 is 1.57 bits per heavy atom. The van der Waals surface area contributed by atoms with Gasteiger partial charge in [-0.25, -0.2) is 0 Å². The molecular weight excluding hydrogens is 448 g/mol. The SMILES string of the molecule is O=C(CBr)c1ccc2c(c1)S(O)(O)c1cc(C(=O)CBr)ccc1-2. The van der Waals surface area contributed by atoms with Crippen LogP contribution < -0.4 is 0 Å². The largest absolute Gasteiger partial charge is 0.293 e. The van der Waals surface area contributed by atoms with Gasteiger partial charge in [-0.05, 0) is 12.1 Å². The zero-order valence-electron chi connectivity index (χ0n) is 11.8. The first-order valence-corrected chi connectivity index (χ1v) is 10.4. The van der Waals surface area contributed by atoms with E-state index in [1.54, 1.807) is 24.3 Å². The van der Waals surface area contributed by atoms with E-state index in [0.29, 0.717) is 32.0 Å². The predicted octanol–water partition coefficient (Wildman–Crippen LogP) is 4.99. The molecule has 0 amide bonds. The Morgan fingerprint density at radius 1 is 0.826 bits per heavy atom. The summed E-state index contributed by atoms with van der Waals surface area (Å²) in [5, 5.41) is 0.337. The number of hydrogen-bond donors (Lipinski definition) is 2. The summed E-state index contributed by atoms with van der Waals surface area (Å²) in [6.07, 6.45) is 0. The molecule has 2 aromatic rings. The second kappa shape index (κ2) is 6.14. The molecule has 0 radical (unpaired) electrons. The lowest BCUT2D eigenvalue weighted by molar-refractivity contribution is 0.101. The summed E-state index contributed by atoms with van der Waals surface area (Å²) in [7, 11) is -3.23. The molecule has 1 aliphatic heterocycles. The van der Waals surface area contributed by atoms with Crippen LogP contribution in [0.5, 0.6) is 0 Å². The molecule has 0 atom stereocenters. The van der Waals surface area contributed by atoms with E-state index in [0.717, 1.165) is 0 Å². The second-order valence-corrected chi connectivity index (χ2v) is 8.18. The maximum Gasteiger partial charge on any atom is 0.173 e. The van der Waals surface area contributed by atoms with Gasteiger partial charge >= 0.3 is 0 Å². The van der Waals surface area contributed by atoms with E-state index >= 15 is 0 Å². The molecule has 120 valence electrons. The number of carbonyl (C=O) groups is 2. The van der Waals surface area contributed by atoms with Gasteiger partial charge in [0.05, 0.1) is 20.5 Å². The van der Waals surface area contributed by atoms with Crippen LogP contribution in [-0.2, 0) is 0 Å². The summed E-state index contributed by atoms with van der Waals surface area (Å²) in [5.74, 6) is -0.261. The monoisotopic (exact) mass is 458 g/mol. The van der Waals surface area contributed by atoms with Gasteiger partial charge in [-0.15, -0.1) is 10.6 Å². The number of carbonyl (C=O) groups excluding carboxylic acids is 2. The molecule has 1 heterocycles. The van der Waals surface area contributed by atoms with Crippen molar-refractivity contribution in [3.05, 3.63) is 47.5 Å². The van der Waals surface area contributed by atoms with Crippen LogP contribution in [0.4, 0.5) is 0 Å². The Morgan fingerprint density at radius 2 is 1.22 bits per heavy atom. The van der Waals surface area contributed by atoms with Crippen molar-refractivity contribution in [2.45, 2.75) is 9.79 Å². The number of halogens is 2. The van der Waals surface area contributed by atoms with Gasteiger partial charge in [0.2, 0.25) is 0 Å². The van der Waals surface area contributed by atoms with Gasteiger partial charge in [0.25, 0.3) is 0 Å². The summed E-state index contributed by atoms with van der Waals surface area (Å²) >= 11 is 6.23. The molecule has 0 unspecified atom stereocenters. The zero-order chi connectivity index (χ0) is 16.8. The van der Waals surface area contributed by atoms with Crippen LogP contribution in [-0.4, -0.2) is 31.3 Å². The third-order valence-corrected chi connectivity index (χ3v) is 6.67. The van der Waals surface area contributed by atoms with Crippen LogP contribution in [0.25, 0.3) is 11.1 Å². The number of hydrogen-bond acceptors (Lipinski definition) is 4. The average molecular weight is 460 g/mol. The van der Waals surface area contributed by atoms with E-state index in [-0.39, 0.29) is 22.2 Å². The first kappa shape index (κ1) is 16.9.